The van der Waals surface area contributed by atoms with Gasteiger partial charge in [0.25, 0.3) is 0 Å². The molecule has 0 fully saturated rings. The molecule has 0 aliphatic rings. The SMILES string of the molecule is CCOC(=O)NN=CCc1ccc(O)cc1. The van der Waals surface area contributed by atoms with Gasteiger partial charge in [0, 0.05) is 12.6 Å². The highest BCUT2D eigenvalue weighted by Crippen LogP contribution is 2.09. The van der Waals surface area contributed by atoms with Gasteiger partial charge in [-0.05, 0) is 24.6 Å². The van der Waals surface area contributed by atoms with E-state index >= 15 is 0 Å². The quantitative estimate of drug-likeness (QED) is 0.601. The fourth-order valence-corrected chi connectivity index (χ4v) is 1.04. The molecule has 0 aliphatic heterocycles. The Hall–Kier alpha value is -2.04. The summed E-state index contributed by atoms with van der Waals surface area (Å²) in [7, 11) is 0. The summed E-state index contributed by atoms with van der Waals surface area (Å²) < 4.78 is 4.61. The standard InChI is InChI=1S/C11H14N2O3/c1-2-16-11(15)13-12-8-7-9-3-5-10(14)6-4-9/h3-6,8,14H,2,7H2,1H3,(H,13,15). The lowest BCUT2D eigenvalue weighted by Crippen LogP contribution is -2.18. The second-order valence-corrected chi connectivity index (χ2v) is 3.01. The van der Waals surface area contributed by atoms with Crippen LogP contribution >= 0.6 is 0 Å². The van der Waals surface area contributed by atoms with E-state index in [1.54, 1.807) is 37.4 Å². The predicted octanol–water partition coefficient (Wildman–Crippen LogP) is 1.67. The summed E-state index contributed by atoms with van der Waals surface area (Å²) in [6.45, 7) is 2.04. The Kier molecular flexibility index (Phi) is 4.85. The van der Waals surface area contributed by atoms with Crippen molar-refractivity contribution in [2.45, 2.75) is 13.3 Å². The van der Waals surface area contributed by atoms with Crippen LogP contribution in [0.15, 0.2) is 29.4 Å². The van der Waals surface area contributed by atoms with Crippen molar-refractivity contribution >= 4 is 12.3 Å². The Morgan fingerprint density at radius 2 is 2.19 bits per heavy atom. The van der Waals surface area contributed by atoms with Crippen molar-refractivity contribution < 1.29 is 14.6 Å². The van der Waals surface area contributed by atoms with Gasteiger partial charge in [-0.1, -0.05) is 12.1 Å². The summed E-state index contributed by atoms with van der Waals surface area (Å²) in [5.74, 6) is 0.227. The molecule has 1 rings (SSSR count). The number of nitrogens with zero attached hydrogens (tertiary/aromatic N) is 1. The minimum Gasteiger partial charge on any atom is -0.508 e. The van der Waals surface area contributed by atoms with Gasteiger partial charge >= 0.3 is 6.09 Å². The van der Waals surface area contributed by atoms with Gasteiger partial charge in [0.05, 0.1) is 6.61 Å². The van der Waals surface area contributed by atoms with E-state index in [4.69, 9.17) is 5.11 Å². The highest BCUT2D eigenvalue weighted by atomic mass is 16.5. The van der Waals surface area contributed by atoms with Gasteiger partial charge in [-0.3, -0.25) is 0 Å². The van der Waals surface area contributed by atoms with Gasteiger partial charge in [-0.15, -0.1) is 0 Å². The number of phenols is 1. The fourth-order valence-electron chi connectivity index (χ4n) is 1.04. The van der Waals surface area contributed by atoms with Gasteiger partial charge in [0.1, 0.15) is 5.75 Å². The van der Waals surface area contributed by atoms with Gasteiger partial charge in [0.15, 0.2) is 0 Å². The Morgan fingerprint density at radius 1 is 1.50 bits per heavy atom. The molecule has 1 aromatic carbocycles. The summed E-state index contributed by atoms with van der Waals surface area (Å²) in [5, 5.41) is 12.7. The molecule has 5 nitrogen and oxygen atoms in total. The van der Waals surface area contributed by atoms with E-state index in [1.165, 1.54) is 0 Å². The first-order chi connectivity index (χ1) is 7.72. The normalized spacial score (nSPS) is 10.3. The molecule has 1 amide bonds. The molecule has 2 N–H and O–H groups in total. The first kappa shape index (κ1) is 12.0. The van der Waals surface area contributed by atoms with Crippen LogP contribution in [0.25, 0.3) is 0 Å². The summed E-state index contributed by atoms with van der Waals surface area (Å²) in [4.78, 5) is 10.8. The number of hydrogen-bond donors (Lipinski definition) is 2. The molecule has 0 saturated heterocycles. The number of carbonyl (C=O) groups is 1. The third-order valence-corrected chi connectivity index (χ3v) is 1.79. The Morgan fingerprint density at radius 3 is 2.81 bits per heavy atom. The predicted molar refractivity (Wildman–Crippen MR) is 60.5 cm³/mol. The Labute approximate surface area is 93.7 Å². The number of benzene rings is 1. The van der Waals surface area contributed by atoms with Crippen LogP contribution in [0.5, 0.6) is 5.75 Å². The maximum Gasteiger partial charge on any atom is 0.427 e. The number of carbonyl (C=O) groups excluding carboxylic acids is 1. The highest BCUT2D eigenvalue weighted by Gasteiger charge is 1.95. The van der Waals surface area contributed by atoms with Crippen molar-refractivity contribution in [1.82, 2.24) is 5.43 Å². The number of amides is 1. The van der Waals surface area contributed by atoms with Gasteiger partial charge in [-0.2, -0.15) is 5.10 Å². The number of hydrazone groups is 1. The number of rotatable bonds is 4. The van der Waals surface area contributed by atoms with Crippen LogP contribution in [0.2, 0.25) is 0 Å². The molecule has 5 heteroatoms. The lowest BCUT2D eigenvalue weighted by atomic mass is 10.2. The van der Waals surface area contributed by atoms with Gasteiger partial charge < -0.3 is 9.84 Å². The van der Waals surface area contributed by atoms with Crippen molar-refractivity contribution in [3.8, 4) is 5.75 Å². The number of phenolic OH excluding ortho intramolecular Hbond substituents is 1. The molecule has 0 saturated carbocycles. The van der Waals surface area contributed by atoms with Crippen molar-refractivity contribution in [3.05, 3.63) is 29.8 Å². The van der Waals surface area contributed by atoms with E-state index in [0.717, 1.165) is 5.56 Å². The topological polar surface area (TPSA) is 70.9 Å². The van der Waals surface area contributed by atoms with Crippen molar-refractivity contribution in [1.29, 1.82) is 0 Å². The Bertz CT molecular complexity index is 360. The average Bonchev–Trinajstić information content (AvgIpc) is 2.27. The number of nitrogens with one attached hydrogen (secondary N) is 1. The minimum atomic E-state index is -0.565. The molecule has 0 heterocycles. The molecule has 0 spiro atoms. The summed E-state index contributed by atoms with van der Waals surface area (Å²) in [6.07, 6.45) is 1.57. The molecular formula is C11H14N2O3. The summed E-state index contributed by atoms with van der Waals surface area (Å²) in [5.41, 5.74) is 3.22. The number of hydrogen-bond acceptors (Lipinski definition) is 4. The second kappa shape index (κ2) is 6.44. The van der Waals surface area contributed by atoms with Crippen LogP contribution in [-0.2, 0) is 11.2 Å². The smallest absolute Gasteiger partial charge is 0.427 e. The van der Waals surface area contributed by atoms with Gasteiger partial charge in [0.2, 0.25) is 0 Å². The zero-order chi connectivity index (χ0) is 11.8. The molecule has 0 aliphatic carbocycles. The Balaban J connectivity index is 2.31. The van der Waals surface area contributed by atoms with Crippen molar-refractivity contribution in [2.24, 2.45) is 5.10 Å². The third kappa shape index (κ3) is 4.45. The lowest BCUT2D eigenvalue weighted by molar-refractivity contribution is 0.152. The molecule has 16 heavy (non-hydrogen) atoms. The van der Waals surface area contributed by atoms with Crippen molar-refractivity contribution in [2.75, 3.05) is 6.61 Å². The zero-order valence-electron chi connectivity index (χ0n) is 9.01. The fraction of sp³-hybridized carbons (Fsp3) is 0.273. The van der Waals surface area contributed by atoms with Gasteiger partial charge in [-0.25, -0.2) is 10.2 Å². The molecule has 0 bridgehead atoms. The van der Waals surface area contributed by atoms with E-state index in [1.807, 2.05) is 0 Å². The first-order valence-electron chi connectivity index (χ1n) is 4.94. The van der Waals surface area contributed by atoms with Crippen LogP contribution < -0.4 is 5.43 Å². The van der Waals surface area contributed by atoms with Crippen LogP contribution in [0.1, 0.15) is 12.5 Å². The molecular weight excluding hydrogens is 208 g/mol. The molecule has 1 aromatic rings. The second-order valence-electron chi connectivity index (χ2n) is 3.01. The van der Waals surface area contributed by atoms with Crippen molar-refractivity contribution in [3.63, 3.8) is 0 Å². The van der Waals surface area contributed by atoms with E-state index in [2.05, 4.69) is 15.3 Å². The molecule has 0 unspecified atom stereocenters. The zero-order valence-corrected chi connectivity index (χ0v) is 9.01. The maximum absolute atomic E-state index is 10.8. The maximum atomic E-state index is 10.8. The lowest BCUT2D eigenvalue weighted by Gasteiger charge is -1.99. The molecule has 86 valence electrons. The minimum absolute atomic E-state index is 0.227. The van der Waals surface area contributed by atoms with Crippen LogP contribution in [0, 0.1) is 0 Å². The molecule has 0 atom stereocenters. The van der Waals surface area contributed by atoms with Crippen LogP contribution in [0.3, 0.4) is 0 Å². The number of ether oxygens (including phenoxy) is 1. The number of aromatic hydroxyl groups is 1. The first-order valence-corrected chi connectivity index (χ1v) is 4.94. The third-order valence-electron chi connectivity index (χ3n) is 1.79. The highest BCUT2D eigenvalue weighted by molar-refractivity contribution is 5.69. The summed E-state index contributed by atoms with van der Waals surface area (Å²) in [6, 6.07) is 6.77. The monoisotopic (exact) mass is 222 g/mol. The molecule has 0 aromatic heterocycles. The summed E-state index contributed by atoms with van der Waals surface area (Å²) >= 11 is 0. The molecule has 0 radical (unpaired) electrons. The van der Waals surface area contributed by atoms with Crippen LogP contribution in [-0.4, -0.2) is 24.0 Å². The van der Waals surface area contributed by atoms with Crippen LogP contribution in [0.4, 0.5) is 4.79 Å². The largest absolute Gasteiger partial charge is 0.508 e. The van der Waals surface area contributed by atoms with E-state index in [0.29, 0.717) is 13.0 Å². The van der Waals surface area contributed by atoms with E-state index < -0.39 is 6.09 Å². The average molecular weight is 222 g/mol. The van der Waals surface area contributed by atoms with E-state index in [9.17, 15) is 4.79 Å². The van der Waals surface area contributed by atoms with E-state index in [-0.39, 0.29) is 5.75 Å².